The predicted octanol–water partition coefficient (Wildman–Crippen LogP) is 4.78. The first kappa shape index (κ1) is 18.3. The highest BCUT2D eigenvalue weighted by molar-refractivity contribution is 7.15. The summed E-state index contributed by atoms with van der Waals surface area (Å²) in [5, 5.41) is 10.4. The number of nitrogens with one attached hydrogen (secondary N) is 1. The maximum atomic E-state index is 13.2. The lowest BCUT2D eigenvalue weighted by atomic mass is 10.1. The van der Waals surface area contributed by atoms with Crippen molar-refractivity contribution < 1.29 is 4.79 Å². The molecule has 1 aliphatic carbocycles. The number of nitrogens with zero attached hydrogens (tertiary/aromatic N) is 5. The third kappa shape index (κ3) is 3.11. The van der Waals surface area contributed by atoms with Crippen molar-refractivity contribution in [1.29, 1.82) is 0 Å². The molecule has 4 aromatic heterocycles. The molecule has 1 aromatic carbocycles. The second-order valence-electron chi connectivity index (χ2n) is 8.03. The van der Waals surface area contributed by atoms with Gasteiger partial charge in [-0.25, -0.2) is 9.97 Å². The Morgan fingerprint density at radius 3 is 2.74 bits per heavy atom. The van der Waals surface area contributed by atoms with Gasteiger partial charge in [0.15, 0.2) is 10.6 Å². The molecule has 0 atom stereocenters. The summed E-state index contributed by atoms with van der Waals surface area (Å²) in [6, 6.07) is 9.73. The Balaban J connectivity index is 1.31. The predicted molar refractivity (Wildman–Crippen MR) is 122 cm³/mol. The molecule has 1 saturated carbocycles. The standard InChI is InChI=1S/C23H20N6OS/c1-13-20-17(11-18(14-3-4-14)25-21(20)28(2)27-13)22(30)24-16-7-5-15(6-8-16)19-12-29-9-10-31-23(29)26-19/h5-12,14H,3-4H2,1-2H3,(H,24,30). The monoisotopic (exact) mass is 428 g/mol. The minimum atomic E-state index is -0.138. The average molecular weight is 429 g/mol. The third-order valence-electron chi connectivity index (χ3n) is 5.76. The molecule has 31 heavy (non-hydrogen) atoms. The molecule has 0 saturated heterocycles. The van der Waals surface area contributed by atoms with Crippen LogP contribution in [0.5, 0.6) is 0 Å². The Labute approximate surface area is 182 Å². The van der Waals surface area contributed by atoms with Crippen molar-refractivity contribution in [2.24, 2.45) is 7.05 Å². The smallest absolute Gasteiger partial charge is 0.256 e. The molecule has 5 aromatic rings. The number of aromatic nitrogens is 5. The summed E-state index contributed by atoms with van der Waals surface area (Å²) in [6.07, 6.45) is 6.27. The number of amides is 1. The number of rotatable bonds is 4. The van der Waals surface area contributed by atoms with Gasteiger partial charge in [-0.05, 0) is 38.0 Å². The SMILES string of the molecule is Cc1nn(C)c2nc(C3CC3)cc(C(=O)Nc3ccc(-c4cn5ccsc5n4)cc3)c12. The van der Waals surface area contributed by atoms with Gasteiger partial charge in [0.05, 0.1) is 22.3 Å². The van der Waals surface area contributed by atoms with Crippen LogP contribution < -0.4 is 5.32 Å². The van der Waals surface area contributed by atoms with E-state index in [0.717, 1.165) is 57.2 Å². The zero-order chi connectivity index (χ0) is 21.1. The van der Waals surface area contributed by atoms with Crippen molar-refractivity contribution in [2.75, 3.05) is 5.32 Å². The molecule has 1 N–H and O–H groups in total. The van der Waals surface area contributed by atoms with E-state index in [-0.39, 0.29) is 5.91 Å². The second kappa shape index (κ2) is 6.75. The Hall–Kier alpha value is -3.52. The van der Waals surface area contributed by atoms with E-state index in [1.165, 1.54) is 0 Å². The van der Waals surface area contributed by atoms with Crippen LogP contribution in [-0.4, -0.2) is 30.1 Å². The third-order valence-corrected chi connectivity index (χ3v) is 6.53. The Bertz CT molecular complexity index is 1430. The van der Waals surface area contributed by atoms with Crippen molar-refractivity contribution in [3.63, 3.8) is 0 Å². The fourth-order valence-electron chi connectivity index (χ4n) is 4.02. The molecule has 0 aliphatic heterocycles. The molecule has 1 aliphatic rings. The number of fused-ring (bicyclic) bond motifs is 2. The van der Waals surface area contributed by atoms with Gasteiger partial charge >= 0.3 is 0 Å². The number of benzene rings is 1. The van der Waals surface area contributed by atoms with E-state index >= 15 is 0 Å². The molecule has 8 heteroatoms. The van der Waals surface area contributed by atoms with Gasteiger partial charge in [-0.2, -0.15) is 5.10 Å². The molecule has 0 bridgehead atoms. The topological polar surface area (TPSA) is 77.1 Å². The summed E-state index contributed by atoms with van der Waals surface area (Å²) in [5.41, 5.74) is 5.87. The van der Waals surface area contributed by atoms with Gasteiger partial charge in [-0.1, -0.05) is 12.1 Å². The molecule has 0 spiro atoms. The highest BCUT2D eigenvalue weighted by atomic mass is 32.1. The molecular weight excluding hydrogens is 408 g/mol. The first-order valence-corrected chi connectivity index (χ1v) is 11.1. The Kier molecular flexibility index (Phi) is 3.97. The Morgan fingerprint density at radius 1 is 1.19 bits per heavy atom. The molecule has 0 radical (unpaired) electrons. The maximum absolute atomic E-state index is 13.2. The summed E-state index contributed by atoms with van der Waals surface area (Å²) < 4.78 is 3.77. The van der Waals surface area contributed by atoms with E-state index in [1.807, 2.05) is 66.5 Å². The quantitative estimate of drug-likeness (QED) is 0.447. The molecule has 7 nitrogen and oxygen atoms in total. The molecule has 4 heterocycles. The summed E-state index contributed by atoms with van der Waals surface area (Å²) in [4.78, 5) is 23.6. The van der Waals surface area contributed by atoms with Gasteiger partial charge in [0.2, 0.25) is 0 Å². The summed E-state index contributed by atoms with van der Waals surface area (Å²) in [7, 11) is 1.87. The van der Waals surface area contributed by atoms with Crippen molar-refractivity contribution in [3.8, 4) is 11.3 Å². The van der Waals surface area contributed by atoms with Crippen molar-refractivity contribution in [1.82, 2.24) is 24.1 Å². The van der Waals surface area contributed by atoms with Crippen LogP contribution in [-0.2, 0) is 7.05 Å². The molecule has 1 amide bonds. The lowest BCUT2D eigenvalue weighted by molar-refractivity contribution is 0.102. The second-order valence-corrected chi connectivity index (χ2v) is 8.90. The average Bonchev–Trinajstić information content (AvgIpc) is 3.29. The van der Waals surface area contributed by atoms with Crippen LogP contribution >= 0.6 is 11.3 Å². The van der Waals surface area contributed by atoms with Crippen LogP contribution in [0.2, 0.25) is 0 Å². The van der Waals surface area contributed by atoms with E-state index in [4.69, 9.17) is 4.98 Å². The summed E-state index contributed by atoms with van der Waals surface area (Å²) in [5.74, 6) is 0.315. The number of carbonyl (C=O) groups excluding carboxylic acids is 1. The van der Waals surface area contributed by atoms with Crippen molar-refractivity contribution in [2.45, 2.75) is 25.7 Å². The van der Waals surface area contributed by atoms with Crippen LogP contribution in [0, 0.1) is 6.92 Å². The highest BCUT2D eigenvalue weighted by Gasteiger charge is 2.28. The number of hydrogen-bond acceptors (Lipinski definition) is 5. The van der Waals surface area contributed by atoms with Gasteiger partial charge in [-0.15, -0.1) is 11.3 Å². The number of thiazole rings is 1. The van der Waals surface area contributed by atoms with Crippen molar-refractivity contribution in [3.05, 3.63) is 65.1 Å². The number of carbonyl (C=O) groups is 1. The molecule has 6 rings (SSSR count). The summed E-state index contributed by atoms with van der Waals surface area (Å²) in [6.45, 7) is 1.92. The summed E-state index contributed by atoms with van der Waals surface area (Å²) >= 11 is 1.61. The number of hydrogen-bond donors (Lipinski definition) is 1. The zero-order valence-corrected chi connectivity index (χ0v) is 18.0. The van der Waals surface area contributed by atoms with E-state index < -0.39 is 0 Å². The fraction of sp³-hybridized carbons (Fsp3) is 0.217. The lowest BCUT2D eigenvalue weighted by Crippen LogP contribution is -2.13. The van der Waals surface area contributed by atoms with Crippen LogP contribution in [0.1, 0.15) is 40.5 Å². The minimum Gasteiger partial charge on any atom is -0.322 e. The molecule has 154 valence electrons. The van der Waals surface area contributed by atoms with Gasteiger partial charge < -0.3 is 5.32 Å². The van der Waals surface area contributed by atoms with Gasteiger partial charge in [-0.3, -0.25) is 13.9 Å². The normalized spacial score (nSPS) is 13.9. The van der Waals surface area contributed by atoms with E-state index in [2.05, 4.69) is 15.4 Å². The molecular formula is C23H20N6OS. The number of pyridine rings is 1. The molecule has 0 unspecified atom stereocenters. The largest absolute Gasteiger partial charge is 0.322 e. The van der Waals surface area contributed by atoms with Gasteiger partial charge in [0, 0.05) is 47.7 Å². The van der Waals surface area contributed by atoms with Crippen LogP contribution in [0.3, 0.4) is 0 Å². The van der Waals surface area contributed by atoms with Crippen molar-refractivity contribution >= 4 is 38.9 Å². The van der Waals surface area contributed by atoms with E-state index in [0.29, 0.717) is 11.5 Å². The minimum absolute atomic E-state index is 0.138. The molecule has 1 fully saturated rings. The first-order valence-electron chi connectivity index (χ1n) is 10.2. The Morgan fingerprint density at radius 2 is 2.00 bits per heavy atom. The van der Waals surface area contributed by atoms with Gasteiger partial charge in [0.1, 0.15) is 0 Å². The van der Waals surface area contributed by atoms with Crippen LogP contribution in [0.15, 0.2) is 48.1 Å². The van der Waals surface area contributed by atoms with E-state index in [1.54, 1.807) is 16.0 Å². The van der Waals surface area contributed by atoms with E-state index in [9.17, 15) is 4.79 Å². The van der Waals surface area contributed by atoms with Crippen LogP contribution in [0.4, 0.5) is 5.69 Å². The highest BCUT2D eigenvalue weighted by Crippen LogP contribution is 2.40. The lowest BCUT2D eigenvalue weighted by Gasteiger charge is -2.09. The number of imidazole rings is 1. The fourth-order valence-corrected chi connectivity index (χ4v) is 4.72. The maximum Gasteiger partial charge on any atom is 0.256 e. The number of aryl methyl sites for hydroxylation is 2. The first-order chi connectivity index (χ1) is 15.1. The zero-order valence-electron chi connectivity index (χ0n) is 17.2. The number of anilines is 1. The van der Waals surface area contributed by atoms with Gasteiger partial charge in [0.25, 0.3) is 5.91 Å². The van der Waals surface area contributed by atoms with Crippen LogP contribution in [0.25, 0.3) is 27.3 Å².